The maximum Gasteiger partial charge on any atom is 0.335 e. The lowest BCUT2D eigenvalue weighted by Gasteiger charge is -2.34. The molecule has 2 aliphatic rings. The first-order valence-electron chi connectivity index (χ1n) is 12.1. The summed E-state index contributed by atoms with van der Waals surface area (Å²) in [5.41, 5.74) is 3.71. The molecular formula is C25H28ClN5O5S2. The van der Waals surface area contributed by atoms with Gasteiger partial charge in [0.1, 0.15) is 18.2 Å². The Morgan fingerprint density at radius 2 is 2.11 bits per heavy atom. The van der Waals surface area contributed by atoms with Crippen LogP contribution in [0.4, 0.5) is 5.82 Å². The van der Waals surface area contributed by atoms with Gasteiger partial charge in [0.25, 0.3) is 0 Å². The van der Waals surface area contributed by atoms with Crippen LogP contribution in [0.1, 0.15) is 50.8 Å². The molecule has 2 aromatic heterocycles. The minimum absolute atomic E-state index is 0.00864. The minimum Gasteiger partial charge on any atom is -0.390 e. The van der Waals surface area contributed by atoms with Crippen LogP contribution in [0.25, 0.3) is 0 Å². The highest BCUT2D eigenvalue weighted by Gasteiger charge is 2.37. The van der Waals surface area contributed by atoms with Crippen molar-refractivity contribution in [3.63, 3.8) is 0 Å². The molecule has 0 saturated heterocycles. The lowest BCUT2D eigenvalue weighted by molar-refractivity contribution is 0.0636. The number of anilines is 1. The molecule has 1 aliphatic carbocycles. The highest BCUT2D eigenvalue weighted by atomic mass is 35.5. The zero-order valence-electron chi connectivity index (χ0n) is 20.8. The van der Waals surface area contributed by atoms with E-state index in [0.717, 1.165) is 24.1 Å². The third-order valence-electron chi connectivity index (χ3n) is 7.01. The summed E-state index contributed by atoms with van der Waals surface area (Å²) in [4.78, 5) is 24.7. The van der Waals surface area contributed by atoms with Gasteiger partial charge in [-0.3, -0.25) is 13.9 Å². The van der Waals surface area contributed by atoms with E-state index in [-0.39, 0.29) is 30.7 Å². The molecule has 38 heavy (non-hydrogen) atoms. The van der Waals surface area contributed by atoms with E-state index in [2.05, 4.69) is 38.0 Å². The number of aromatic nitrogens is 2. The van der Waals surface area contributed by atoms with E-state index >= 15 is 0 Å². The number of nitrogens with zero attached hydrogens (tertiary/aromatic N) is 3. The van der Waals surface area contributed by atoms with Crippen LogP contribution in [0, 0.1) is 0 Å². The first kappa shape index (κ1) is 27.1. The largest absolute Gasteiger partial charge is 0.390 e. The summed E-state index contributed by atoms with van der Waals surface area (Å²) >= 11 is 7.67. The number of thiophene rings is 1. The molecule has 10 nitrogen and oxygen atoms in total. The highest BCUT2D eigenvalue weighted by molar-refractivity contribution is 7.84. The van der Waals surface area contributed by atoms with Gasteiger partial charge in [-0.2, -0.15) is 13.1 Å². The normalized spacial score (nSPS) is 23.8. The van der Waals surface area contributed by atoms with Gasteiger partial charge in [-0.1, -0.05) is 17.7 Å². The number of benzene rings is 1. The number of nitrogens with one attached hydrogen (secondary N) is 2. The number of hydrogen-bond donors (Lipinski definition) is 3. The number of halogens is 1. The van der Waals surface area contributed by atoms with Gasteiger partial charge in [-0.05, 0) is 66.6 Å². The third-order valence-corrected chi connectivity index (χ3v) is 9.19. The number of rotatable bonds is 8. The first-order valence-corrected chi connectivity index (χ1v) is 14.8. The number of fused-ring (bicyclic) bond motifs is 1. The first-order chi connectivity index (χ1) is 18.1. The molecule has 3 N–H and O–H groups in total. The van der Waals surface area contributed by atoms with E-state index in [9.17, 15) is 18.3 Å². The molecule has 0 unspecified atom stereocenters. The summed E-state index contributed by atoms with van der Waals surface area (Å²) in [6, 6.07) is 7.53. The lowest BCUT2D eigenvalue weighted by Crippen LogP contribution is -2.32. The zero-order chi connectivity index (χ0) is 27.0. The fourth-order valence-corrected chi connectivity index (χ4v) is 6.79. The summed E-state index contributed by atoms with van der Waals surface area (Å²) in [5.74, 6) is 0.0967. The van der Waals surface area contributed by atoms with Crippen LogP contribution in [0.5, 0.6) is 0 Å². The SMILES string of the molecule is CNS(=O)(=O)O[C@@H]1C[C@H](Nc2ncncc2C(=O)c2cc([C@@H]3c4cc(Cl)ccc4CCN3C)cs2)C[C@@H]1O. The Hall–Kier alpha value is -2.45. The van der Waals surface area contributed by atoms with Crippen molar-refractivity contribution in [3.8, 4) is 0 Å². The van der Waals surface area contributed by atoms with E-state index in [1.54, 1.807) is 0 Å². The van der Waals surface area contributed by atoms with Crippen LogP contribution in [-0.4, -0.2) is 73.1 Å². The maximum atomic E-state index is 13.6. The van der Waals surface area contributed by atoms with Gasteiger partial charge < -0.3 is 10.4 Å². The predicted molar refractivity (Wildman–Crippen MR) is 145 cm³/mol. The Kier molecular flexibility index (Phi) is 7.83. The molecule has 0 bridgehead atoms. The Bertz CT molecular complexity index is 1450. The molecule has 202 valence electrons. The second-order valence-electron chi connectivity index (χ2n) is 9.51. The minimum atomic E-state index is -3.95. The Morgan fingerprint density at radius 3 is 2.89 bits per heavy atom. The van der Waals surface area contributed by atoms with E-state index in [4.69, 9.17) is 15.8 Å². The lowest BCUT2D eigenvalue weighted by atomic mass is 9.89. The third kappa shape index (κ3) is 5.62. The van der Waals surface area contributed by atoms with Crippen molar-refractivity contribution in [3.05, 3.63) is 74.3 Å². The summed E-state index contributed by atoms with van der Waals surface area (Å²) in [6.45, 7) is 0.895. The summed E-state index contributed by atoms with van der Waals surface area (Å²) in [6.07, 6.45) is 2.30. The number of carbonyl (C=O) groups excluding carboxylic acids is 1. The number of hydrogen-bond acceptors (Lipinski definition) is 10. The van der Waals surface area contributed by atoms with Gasteiger partial charge in [0.2, 0.25) is 5.78 Å². The van der Waals surface area contributed by atoms with Crippen molar-refractivity contribution in [2.45, 2.75) is 43.6 Å². The van der Waals surface area contributed by atoms with Gasteiger partial charge in [0, 0.05) is 30.9 Å². The molecule has 13 heteroatoms. The van der Waals surface area contributed by atoms with Crippen molar-refractivity contribution in [2.75, 3.05) is 26.0 Å². The average Bonchev–Trinajstić information content (AvgIpc) is 3.50. The van der Waals surface area contributed by atoms with Gasteiger partial charge in [0.05, 0.1) is 22.6 Å². The number of carbonyl (C=O) groups is 1. The Labute approximate surface area is 230 Å². The van der Waals surface area contributed by atoms with E-state index in [0.29, 0.717) is 21.3 Å². The molecule has 5 rings (SSSR count). The fourth-order valence-electron chi connectivity index (χ4n) is 5.10. The van der Waals surface area contributed by atoms with Crippen LogP contribution >= 0.6 is 22.9 Å². The highest BCUT2D eigenvalue weighted by Crippen LogP contribution is 2.38. The molecule has 0 amide bonds. The van der Waals surface area contributed by atoms with Gasteiger partial charge in [0.15, 0.2) is 0 Å². The van der Waals surface area contributed by atoms with Crippen LogP contribution in [-0.2, 0) is 20.9 Å². The van der Waals surface area contributed by atoms with Gasteiger partial charge >= 0.3 is 10.3 Å². The van der Waals surface area contributed by atoms with Gasteiger partial charge in [-0.25, -0.2) is 9.97 Å². The number of likely N-dealkylation sites (N-methyl/N-ethyl adjacent to an activating group) is 1. The monoisotopic (exact) mass is 577 g/mol. The smallest absolute Gasteiger partial charge is 0.335 e. The summed E-state index contributed by atoms with van der Waals surface area (Å²) < 4.78 is 30.6. The molecule has 4 atom stereocenters. The summed E-state index contributed by atoms with van der Waals surface area (Å²) in [7, 11) is -0.646. The number of ketones is 1. The molecule has 1 fully saturated rings. The maximum absolute atomic E-state index is 13.6. The molecule has 3 aromatic rings. The standard InChI is InChI=1S/C25H28ClN5O5S2/c1-27-38(34,35)36-21-10-17(9-20(21)32)30-25-19(11-28-13-29-25)24(33)22-7-15(12-37-22)23-18-8-16(26)4-3-14(18)5-6-31(23)2/h3-4,7-8,11-13,17,20-21,23,27,32H,5-6,9-10H2,1-2H3,(H,28,29,30)/t17-,20+,21-,23-/m1/s1. The second-order valence-corrected chi connectivity index (χ2v) is 12.4. The van der Waals surface area contributed by atoms with Crippen LogP contribution in [0.2, 0.25) is 5.02 Å². The topological polar surface area (TPSA) is 134 Å². The summed E-state index contributed by atoms with van der Waals surface area (Å²) in [5, 5.41) is 16.2. The molecule has 1 aliphatic heterocycles. The number of aliphatic hydroxyl groups excluding tert-OH is 1. The number of aliphatic hydroxyl groups is 1. The van der Waals surface area contributed by atoms with Crippen LogP contribution < -0.4 is 10.0 Å². The van der Waals surface area contributed by atoms with E-state index < -0.39 is 22.5 Å². The van der Waals surface area contributed by atoms with Gasteiger partial charge in [-0.15, -0.1) is 11.3 Å². The molecule has 3 heterocycles. The average molecular weight is 578 g/mol. The second kappa shape index (κ2) is 11.0. The Balaban J connectivity index is 1.35. The molecule has 0 spiro atoms. The molecule has 1 aromatic carbocycles. The van der Waals surface area contributed by atoms with Crippen molar-refractivity contribution in [2.24, 2.45) is 0 Å². The van der Waals surface area contributed by atoms with Crippen molar-refractivity contribution < 1.29 is 22.5 Å². The molecule has 1 saturated carbocycles. The quantitative estimate of drug-likeness (QED) is 0.345. The van der Waals surface area contributed by atoms with Crippen molar-refractivity contribution in [1.82, 2.24) is 19.6 Å². The van der Waals surface area contributed by atoms with E-state index in [1.807, 2.05) is 23.6 Å². The van der Waals surface area contributed by atoms with Crippen molar-refractivity contribution >= 4 is 44.8 Å². The molecular weight excluding hydrogens is 550 g/mol. The van der Waals surface area contributed by atoms with Crippen molar-refractivity contribution in [1.29, 1.82) is 0 Å². The zero-order valence-corrected chi connectivity index (χ0v) is 23.2. The van der Waals surface area contributed by atoms with Crippen LogP contribution in [0.15, 0.2) is 42.2 Å². The Morgan fingerprint density at radius 1 is 1.29 bits per heavy atom. The van der Waals surface area contributed by atoms with E-state index in [1.165, 1.54) is 36.5 Å². The fraction of sp³-hybridized carbons (Fsp3) is 0.400. The van der Waals surface area contributed by atoms with Crippen LogP contribution in [0.3, 0.4) is 0 Å². The predicted octanol–water partition coefficient (Wildman–Crippen LogP) is 2.78. The molecule has 0 radical (unpaired) electrons.